The van der Waals surface area contributed by atoms with Gasteiger partial charge in [-0.3, -0.25) is 0 Å². The molecule has 0 N–H and O–H groups in total. The number of rotatable bonds is 0. The van der Waals surface area contributed by atoms with Crippen LogP contribution in [-0.2, 0) is 0 Å². The summed E-state index contributed by atoms with van der Waals surface area (Å²) >= 11 is 25.3. The van der Waals surface area contributed by atoms with Crippen LogP contribution in [0.5, 0.6) is 0 Å². The van der Waals surface area contributed by atoms with Crippen LogP contribution in [0.25, 0.3) is 21.5 Å². The van der Waals surface area contributed by atoms with Crippen molar-refractivity contribution in [2.24, 2.45) is 0 Å². The number of hydrogen-bond acceptors (Lipinski definition) is 0. The monoisotopic (exact) mass is 314 g/mol. The van der Waals surface area contributed by atoms with Gasteiger partial charge in [0.25, 0.3) is 0 Å². The van der Waals surface area contributed by atoms with E-state index in [2.05, 4.69) is 0 Å². The topological polar surface area (TPSA) is 0 Å². The standard InChI is InChI=1S/C14H6Cl4/c15-9-5-6-10(16)12-11(9)13(17)7-3-1-2-4-8(7)14(12)18/h1-6H. The molecule has 18 heavy (non-hydrogen) atoms. The summed E-state index contributed by atoms with van der Waals surface area (Å²) in [7, 11) is 0. The first-order valence-corrected chi connectivity index (χ1v) is 6.76. The van der Waals surface area contributed by atoms with Gasteiger partial charge in [0.1, 0.15) is 0 Å². The van der Waals surface area contributed by atoms with Crippen molar-refractivity contribution < 1.29 is 0 Å². The lowest BCUT2D eigenvalue weighted by molar-refractivity contribution is 1.76. The van der Waals surface area contributed by atoms with Crippen molar-refractivity contribution in [2.45, 2.75) is 0 Å². The van der Waals surface area contributed by atoms with Crippen molar-refractivity contribution in [3.8, 4) is 0 Å². The first kappa shape index (κ1) is 12.4. The van der Waals surface area contributed by atoms with E-state index in [0.717, 1.165) is 10.8 Å². The van der Waals surface area contributed by atoms with Crippen LogP contribution >= 0.6 is 46.4 Å². The maximum absolute atomic E-state index is 6.42. The van der Waals surface area contributed by atoms with E-state index in [4.69, 9.17) is 46.4 Å². The zero-order valence-corrected chi connectivity index (χ0v) is 12.0. The first-order valence-electron chi connectivity index (χ1n) is 5.24. The molecule has 0 saturated heterocycles. The Morgan fingerprint density at radius 2 is 0.944 bits per heavy atom. The highest BCUT2D eigenvalue weighted by atomic mass is 35.5. The molecule has 0 bridgehead atoms. The zero-order chi connectivity index (χ0) is 12.9. The van der Waals surface area contributed by atoms with Crippen molar-refractivity contribution >= 4 is 67.9 Å². The minimum Gasteiger partial charge on any atom is -0.0836 e. The Morgan fingerprint density at radius 3 is 1.33 bits per heavy atom. The van der Waals surface area contributed by atoms with E-state index in [1.165, 1.54) is 0 Å². The summed E-state index contributed by atoms with van der Waals surface area (Å²) in [5.41, 5.74) is 0. The molecule has 3 aromatic rings. The summed E-state index contributed by atoms with van der Waals surface area (Å²) in [5.74, 6) is 0. The van der Waals surface area contributed by atoms with Gasteiger partial charge in [-0.15, -0.1) is 0 Å². The molecule has 0 aliphatic carbocycles. The minimum absolute atomic E-state index is 0.548. The number of hydrogen-bond donors (Lipinski definition) is 0. The predicted molar refractivity (Wildman–Crippen MR) is 81.5 cm³/mol. The summed E-state index contributed by atoms with van der Waals surface area (Å²) < 4.78 is 0. The van der Waals surface area contributed by atoms with Crippen LogP contribution in [0.15, 0.2) is 36.4 Å². The van der Waals surface area contributed by atoms with Crippen LogP contribution in [0.1, 0.15) is 0 Å². The highest BCUT2D eigenvalue weighted by Crippen LogP contribution is 2.44. The summed E-state index contributed by atoms with van der Waals surface area (Å²) in [5, 5.41) is 5.42. The molecule has 0 saturated carbocycles. The molecule has 0 aromatic heterocycles. The minimum atomic E-state index is 0.548. The third-order valence-electron chi connectivity index (χ3n) is 2.94. The van der Waals surface area contributed by atoms with E-state index in [9.17, 15) is 0 Å². The highest BCUT2D eigenvalue weighted by molar-refractivity contribution is 6.53. The van der Waals surface area contributed by atoms with Gasteiger partial charge in [-0.25, -0.2) is 0 Å². The molecular formula is C14H6Cl4. The van der Waals surface area contributed by atoms with E-state index in [1.54, 1.807) is 12.1 Å². The number of fused-ring (bicyclic) bond motifs is 2. The van der Waals surface area contributed by atoms with Gasteiger partial charge in [-0.2, -0.15) is 0 Å². The molecule has 0 unspecified atom stereocenters. The molecule has 0 fully saturated rings. The molecule has 90 valence electrons. The van der Waals surface area contributed by atoms with Crippen LogP contribution < -0.4 is 0 Å². The Kier molecular flexibility index (Phi) is 3.07. The Balaban J connectivity index is 2.72. The average molecular weight is 316 g/mol. The molecule has 0 radical (unpaired) electrons. The number of benzene rings is 3. The quantitative estimate of drug-likeness (QED) is 0.410. The van der Waals surface area contributed by atoms with Crippen molar-refractivity contribution in [2.75, 3.05) is 0 Å². The molecule has 0 nitrogen and oxygen atoms in total. The van der Waals surface area contributed by atoms with Gasteiger partial charge in [0, 0.05) is 21.5 Å². The fourth-order valence-corrected chi connectivity index (χ4v) is 3.44. The maximum atomic E-state index is 6.42. The second-order valence-electron chi connectivity index (χ2n) is 3.95. The summed E-state index contributed by atoms with van der Waals surface area (Å²) in [6, 6.07) is 11.1. The molecule has 0 spiro atoms. The lowest BCUT2D eigenvalue weighted by atomic mass is 10.0. The molecular weight excluding hydrogens is 310 g/mol. The molecule has 3 rings (SSSR count). The summed E-state index contributed by atoms with van der Waals surface area (Å²) in [6.07, 6.45) is 0. The predicted octanol–water partition coefficient (Wildman–Crippen LogP) is 6.61. The Hall–Kier alpha value is -0.660. The van der Waals surface area contributed by atoms with E-state index >= 15 is 0 Å². The number of halogens is 4. The van der Waals surface area contributed by atoms with E-state index in [0.29, 0.717) is 30.9 Å². The van der Waals surface area contributed by atoms with Crippen LogP contribution in [-0.4, -0.2) is 0 Å². The van der Waals surface area contributed by atoms with Crippen molar-refractivity contribution in [3.05, 3.63) is 56.5 Å². The molecule has 0 aliphatic rings. The second kappa shape index (κ2) is 4.47. The fraction of sp³-hybridized carbons (Fsp3) is 0. The summed E-state index contributed by atoms with van der Waals surface area (Å²) in [4.78, 5) is 0. The molecule has 0 heterocycles. The zero-order valence-electron chi connectivity index (χ0n) is 8.98. The van der Waals surface area contributed by atoms with Gasteiger partial charge in [-0.05, 0) is 12.1 Å². The van der Waals surface area contributed by atoms with Gasteiger partial charge in [0.05, 0.1) is 20.1 Å². The second-order valence-corrected chi connectivity index (χ2v) is 5.52. The lowest BCUT2D eigenvalue weighted by Crippen LogP contribution is -1.84. The maximum Gasteiger partial charge on any atom is 0.0579 e. The largest absolute Gasteiger partial charge is 0.0836 e. The van der Waals surface area contributed by atoms with E-state index in [1.807, 2.05) is 24.3 Å². The molecule has 4 heteroatoms. The van der Waals surface area contributed by atoms with Gasteiger partial charge >= 0.3 is 0 Å². The normalized spacial score (nSPS) is 11.3. The third kappa shape index (κ3) is 1.68. The van der Waals surface area contributed by atoms with Crippen molar-refractivity contribution in [1.29, 1.82) is 0 Å². The van der Waals surface area contributed by atoms with Gasteiger partial charge in [0.15, 0.2) is 0 Å². The van der Waals surface area contributed by atoms with E-state index < -0.39 is 0 Å². The van der Waals surface area contributed by atoms with E-state index in [-0.39, 0.29) is 0 Å². The van der Waals surface area contributed by atoms with Crippen molar-refractivity contribution in [1.82, 2.24) is 0 Å². The van der Waals surface area contributed by atoms with Crippen LogP contribution in [0, 0.1) is 0 Å². The molecule has 0 amide bonds. The fourth-order valence-electron chi connectivity index (χ4n) is 2.12. The van der Waals surface area contributed by atoms with Crippen LogP contribution in [0.4, 0.5) is 0 Å². The molecule has 3 aromatic carbocycles. The SMILES string of the molecule is Clc1ccc(Cl)c2c(Cl)c3ccccc3c(Cl)c12. The smallest absolute Gasteiger partial charge is 0.0579 e. The highest BCUT2D eigenvalue weighted by Gasteiger charge is 2.15. The summed E-state index contributed by atoms with van der Waals surface area (Å²) in [6.45, 7) is 0. The van der Waals surface area contributed by atoms with Crippen molar-refractivity contribution in [3.63, 3.8) is 0 Å². The third-order valence-corrected chi connectivity index (χ3v) is 4.36. The molecule has 0 atom stereocenters. The Bertz CT molecular complexity index is 712. The Labute approximate surface area is 124 Å². The van der Waals surface area contributed by atoms with Crippen LogP contribution in [0.3, 0.4) is 0 Å². The lowest BCUT2D eigenvalue weighted by Gasteiger charge is -2.11. The Morgan fingerprint density at radius 1 is 0.556 bits per heavy atom. The first-order chi connectivity index (χ1) is 8.61. The van der Waals surface area contributed by atoms with Gasteiger partial charge in [-0.1, -0.05) is 70.7 Å². The average Bonchev–Trinajstić information content (AvgIpc) is 2.38. The van der Waals surface area contributed by atoms with Gasteiger partial charge in [0.2, 0.25) is 0 Å². The van der Waals surface area contributed by atoms with Crippen LogP contribution in [0.2, 0.25) is 20.1 Å². The van der Waals surface area contributed by atoms with Gasteiger partial charge < -0.3 is 0 Å². The molecule has 0 aliphatic heterocycles.